The third-order valence-electron chi connectivity index (χ3n) is 1.23. The van der Waals surface area contributed by atoms with E-state index in [0.717, 1.165) is 0 Å². The molecule has 0 unspecified atom stereocenters. The van der Waals surface area contributed by atoms with Crippen molar-refractivity contribution < 1.29 is 9.53 Å². The minimum absolute atomic E-state index is 0.562. The van der Waals surface area contributed by atoms with Crippen LogP contribution in [0.5, 0.6) is 0 Å². The Morgan fingerprint density at radius 3 is 2.29 bits per heavy atom. The lowest BCUT2D eigenvalue weighted by atomic mass is 10.3. The molecule has 1 aromatic carbocycles. The predicted molar refractivity (Wildman–Crippen MR) is 56.8 cm³/mol. The number of amides is 1. The summed E-state index contributed by atoms with van der Waals surface area (Å²) >= 11 is 15.7. The van der Waals surface area contributed by atoms with Gasteiger partial charge in [-0.3, -0.25) is 5.32 Å². The summed E-state index contributed by atoms with van der Waals surface area (Å²) in [4.78, 5) is 11.0. The third-order valence-corrected chi connectivity index (χ3v) is 1.46. The number of rotatable bonds is 1. The predicted octanol–water partition coefficient (Wildman–Crippen LogP) is 3.56. The highest BCUT2D eigenvalue weighted by Crippen LogP contribution is 2.27. The van der Waals surface area contributed by atoms with Gasteiger partial charge in [0.2, 0.25) is 0 Å². The summed E-state index contributed by atoms with van der Waals surface area (Å²) in [5.41, 5.74) is 0.562. The van der Waals surface area contributed by atoms with Gasteiger partial charge in [0.05, 0.1) is 0 Å². The standard InChI is InChI=1S/C8H6Cl3NO2/c9-8(10,11)14-7(13)12-6-4-2-1-3-5-6/h1-5H,(H,12,13). The number of halogens is 3. The number of para-hydroxylation sites is 1. The van der Waals surface area contributed by atoms with Gasteiger partial charge in [-0.15, -0.1) is 0 Å². The minimum atomic E-state index is -2.04. The molecule has 0 saturated heterocycles. The largest absolute Gasteiger partial charge is 0.415 e. The lowest BCUT2D eigenvalue weighted by Gasteiger charge is -2.12. The lowest BCUT2D eigenvalue weighted by Crippen LogP contribution is -2.21. The van der Waals surface area contributed by atoms with E-state index in [9.17, 15) is 4.79 Å². The van der Waals surface area contributed by atoms with E-state index in [2.05, 4.69) is 10.1 Å². The molecule has 1 N–H and O–H groups in total. The average Bonchev–Trinajstić information content (AvgIpc) is 2.02. The number of benzene rings is 1. The molecular weight excluding hydrogens is 248 g/mol. The van der Waals surface area contributed by atoms with E-state index in [4.69, 9.17) is 34.8 Å². The van der Waals surface area contributed by atoms with Crippen molar-refractivity contribution in [3.63, 3.8) is 0 Å². The zero-order valence-corrected chi connectivity index (χ0v) is 9.10. The normalized spacial score (nSPS) is 10.8. The van der Waals surface area contributed by atoms with Crippen molar-refractivity contribution in [2.24, 2.45) is 0 Å². The van der Waals surface area contributed by atoms with Gasteiger partial charge in [0.15, 0.2) is 0 Å². The molecule has 0 heterocycles. The van der Waals surface area contributed by atoms with E-state index in [0.29, 0.717) is 5.69 Å². The Morgan fingerprint density at radius 2 is 1.79 bits per heavy atom. The van der Waals surface area contributed by atoms with Gasteiger partial charge in [-0.2, -0.15) is 0 Å². The SMILES string of the molecule is O=C(Nc1ccccc1)OC(Cl)(Cl)Cl. The monoisotopic (exact) mass is 253 g/mol. The fraction of sp³-hybridized carbons (Fsp3) is 0.125. The first-order valence-corrected chi connectivity index (χ1v) is 4.72. The van der Waals surface area contributed by atoms with Gasteiger partial charge in [0, 0.05) is 5.69 Å². The number of nitrogens with one attached hydrogen (secondary N) is 1. The molecule has 0 saturated carbocycles. The van der Waals surface area contributed by atoms with E-state index in [-0.39, 0.29) is 0 Å². The summed E-state index contributed by atoms with van der Waals surface area (Å²) in [7, 11) is 0. The molecular formula is C8H6Cl3NO2. The number of alkyl halides is 3. The van der Waals surface area contributed by atoms with Gasteiger partial charge in [-0.25, -0.2) is 4.79 Å². The van der Waals surface area contributed by atoms with Crippen molar-refractivity contribution in [1.82, 2.24) is 0 Å². The Hall–Kier alpha value is -0.640. The molecule has 0 aliphatic heterocycles. The van der Waals surface area contributed by atoms with Gasteiger partial charge in [-0.05, 0) is 46.9 Å². The van der Waals surface area contributed by atoms with Crippen LogP contribution in [-0.2, 0) is 4.74 Å². The van der Waals surface area contributed by atoms with Crippen LogP contribution in [0.3, 0.4) is 0 Å². The Morgan fingerprint density at radius 1 is 1.21 bits per heavy atom. The van der Waals surface area contributed by atoms with Crippen molar-refractivity contribution in [1.29, 1.82) is 0 Å². The van der Waals surface area contributed by atoms with Crippen molar-refractivity contribution >= 4 is 46.6 Å². The second-order valence-electron chi connectivity index (χ2n) is 2.33. The Labute approximate surface area is 95.9 Å². The van der Waals surface area contributed by atoms with Crippen molar-refractivity contribution in [2.75, 3.05) is 5.32 Å². The molecule has 0 spiro atoms. The van der Waals surface area contributed by atoms with Crippen LogP contribution in [0.1, 0.15) is 0 Å². The van der Waals surface area contributed by atoms with Crippen molar-refractivity contribution in [2.45, 2.75) is 3.98 Å². The van der Waals surface area contributed by atoms with E-state index < -0.39 is 10.1 Å². The second-order valence-corrected chi connectivity index (χ2v) is 4.50. The molecule has 0 aliphatic rings. The average molecular weight is 254 g/mol. The molecule has 0 aromatic heterocycles. The van der Waals surface area contributed by atoms with E-state index in [1.165, 1.54) is 0 Å². The smallest absolute Gasteiger partial charge is 0.398 e. The first-order valence-electron chi connectivity index (χ1n) is 3.59. The van der Waals surface area contributed by atoms with E-state index >= 15 is 0 Å². The van der Waals surface area contributed by atoms with Crippen LogP contribution < -0.4 is 5.32 Å². The Balaban J connectivity index is 2.50. The van der Waals surface area contributed by atoms with Crippen LogP contribution in [0.25, 0.3) is 0 Å². The summed E-state index contributed by atoms with van der Waals surface area (Å²) in [5, 5.41) is 2.38. The fourth-order valence-corrected chi connectivity index (χ4v) is 0.980. The maximum absolute atomic E-state index is 11.0. The number of hydrogen-bond donors (Lipinski definition) is 1. The molecule has 14 heavy (non-hydrogen) atoms. The summed E-state index contributed by atoms with van der Waals surface area (Å²) < 4.78 is 2.35. The van der Waals surface area contributed by atoms with Crippen LogP contribution in [0, 0.1) is 0 Å². The maximum Gasteiger partial charge on any atom is 0.415 e. The zero-order chi connectivity index (χ0) is 10.6. The van der Waals surface area contributed by atoms with Crippen LogP contribution in [0.4, 0.5) is 10.5 Å². The Kier molecular flexibility index (Phi) is 3.86. The maximum atomic E-state index is 11.0. The molecule has 1 rings (SSSR count). The number of hydrogen-bond acceptors (Lipinski definition) is 2. The topological polar surface area (TPSA) is 38.3 Å². The third kappa shape index (κ3) is 4.56. The first-order chi connectivity index (χ1) is 6.47. The van der Waals surface area contributed by atoms with Gasteiger partial charge in [-0.1, -0.05) is 18.2 Å². The van der Waals surface area contributed by atoms with Crippen molar-refractivity contribution in [3.8, 4) is 0 Å². The highest BCUT2D eigenvalue weighted by atomic mass is 35.6. The Bertz CT molecular complexity index is 310. The van der Waals surface area contributed by atoms with Crippen LogP contribution >= 0.6 is 34.8 Å². The van der Waals surface area contributed by atoms with E-state index in [1.54, 1.807) is 24.3 Å². The number of carbonyl (C=O) groups is 1. The van der Waals surface area contributed by atoms with E-state index in [1.807, 2.05) is 6.07 Å². The molecule has 1 amide bonds. The van der Waals surface area contributed by atoms with Gasteiger partial charge < -0.3 is 4.74 Å². The minimum Gasteiger partial charge on any atom is -0.398 e. The molecule has 0 fully saturated rings. The number of carbonyl (C=O) groups excluding carboxylic acids is 1. The van der Waals surface area contributed by atoms with Gasteiger partial charge >= 0.3 is 10.1 Å². The quantitative estimate of drug-likeness (QED) is 0.778. The first kappa shape index (κ1) is 11.4. The fourth-order valence-electron chi connectivity index (χ4n) is 0.770. The molecule has 1 aromatic rings. The highest BCUT2D eigenvalue weighted by Gasteiger charge is 2.25. The summed E-state index contributed by atoms with van der Waals surface area (Å²) in [6, 6.07) is 8.68. The summed E-state index contributed by atoms with van der Waals surface area (Å²) in [6.07, 6.45) is -0.823. The molecule has 0 bridgehead atoms. The summed E-state index contributed by atoms with van der Waals surface area (Å²) in [5.74, 6) is 0. The number of ether oxygens (including phenoxy) is 1. The molecule has 76 valence electrons. The molecule has 3 nitrogen and oxygen atoms in total. The van der Waals surface area contributed by atoms with Crippen LogP contribution in [0.15, 0.2) is 30.3 Å². The summed E-state index contributed by atoms with van der Waals surface area (Å²) in [6.45, 7) is 0. The lowest BCUT2D eigenvalue weighted by molar-refractivity contribution is 0.160. The molecule has 0 radical (unpaired) electrons. The highest BCUT2D eigenvalue weighted by molar-refractivity contribution is 6.66. The molecule has 0 aliphatic carbocycles. The van der Waals surface area contributed by atoms with Crippen LogP contribution in [-0.4, -0.2) is 10.1 Å². The zero-order valence-electron chi connectivity index (χ0n) is 6.84. The second kappa shape index (κ2) is 4.73. The number of anilines is 1. The van der Waals surface area contributed by atoms with Crippen LogP contribution in [0.2, 0.25) is 0 Å². The van der Waals surface area contributed by atoms with Gasteiger partial charge in [0.25, 0.3) is 0 Å². The van der Waals surface area contributed by atoms with Gasteiger partial charge in [0.1, 0.15) is 0 Å². The van der Waals surface area contributed by atoms with Crippen molar-refractivity contribution in [3.05, 3.63) is 30.3 Å². The molecule has 0 atom stereocenters. The molecule has 6 heteroatoms.